The number of nitrogens with two attached hydrogens (primary N) is 1. The van der Waals surface area contributed by atoms with Crippen LogP contribution in [0.25, 0.3) is 21.3 Å². The first-order valence-corrected chi connectivity index (χ1v) is 10.1. The minimum atomic E-state index is -0.316. The number of hydrogen-bond acceptors (Lipinski definition) is 6. The number of halogens is 1. The van der Waals surface area contributed by atoms with Gasteiger partial charge in [-0.25, -0.2) is 9.37 Å². The zero-order valence-electron chi connectivity index (χ0n) is 14.9. The third kappa shape index (κ3) is 4.74. The Bertz CT molecular complexity index is 1010. The van der Waals surface area contributed by atoms with Gasteiger partial charge in [-0.05, 0) is 24.6 Å². The molecular formula is C18H19FN4O2S2. The summed E-state index contributed by atoms with van der Waals surface area (Å²) in [5.74, 6) is 0.621. The van der Waals surface area contributed by atoms with Crippen LogP contribution in [0.1, 0.15) is 12.7 Å². The summed E-state index contributed by atoms with van der Waals surface area (Å²) in [4.78, 5) is 24.8. The number of nitrogens with zero attached hydrogens (tertiary/aromatic N) is 2. The van der Waals surface area contributed by atoms with E-state index in [9.17, 15) is 9.18 Å². The Hall–Kier alpha value is -2.23. The highest BCUT2D eigenvalue weighted by Gasteiger charge is 2.13. The first kappa shape index (κ1) is 19.5. The number of methoxy groups -OCH3 is 1. The summed E-state index contributed by atoms with van der Waals surface area (Å²) in [6.07, 6.45) is 0. The molecular weight excluding hydrogens is 387 g/mol. The molecule has 142 valence electrons. The third-order valence-electron chi connectivity index (χ3n) is 3.76. The maximum atomic E-state index is 13.1. The van der Waals surface area contributed by atoms with E-state index in [1.807, 2.05) is 12.3 Å². The van der Waals surface area contributed by atoms with Crippen LogP contribution in [0.4, 0.5) is 4.39 Å². The summed E-state index contributed by atoms with van der Waals surface area (Å²) in [7, 11) is 1.61. The average Bonchev–Trinajstić information content (AvgIpc) is 3.05. The van der Waals surface area contributed by atoms with Crippen molar-refractivity contribution in [2.75, 3.05) is 13.7 Å². The smallest absolute Gasteiger partial charge is 0.260 e. The number of benzene rings is 1. The summed E-state index contributed by atoms with van der Waals surface area (Å²) in [6.45, 7) is 2.40. The molecule has 2 heterocycles. The van der Waals surface area contributed by atoms with Gasteiger partial charge in [0.25, 0.3) is 5.56 Å². The van der Waals surface area contributed by atoms with Gasteiger partial charge in [0.05, 0.1) is 23.8 Å². The summed E-state index contributed by atoms with van der Waals surface area (Å²) in [5, 5.41) is 2.79. The summed E-state index contributed by atoms with van der Waals surface area (Å²) >= 11 is 2.69. The third-order valence-corrected chi connectivity index (χ3v) is 5.45. The maximum absolute atomic E-state index is 13.1. The molecule has 0 aliphatic heterocycles. The standard InChI is InChI=1S/C18H19FN4O2S2/c1-10(7-25-2)21-18(20)27-9-14-22-16(24)15-13(8-26-17(15)23-14)11-3-5-12(19)6-4-11/h3-6,8,10H,7,9H2,1-2H3,(H2,20,21)(H,22,23,24)/t10-/m1/s1. The molecule has 0 radical (unpaired) electrons. The van der Waals surface area contributed by atoms with Gasteiger partial charge in [-0.15, -0.1) is 11.3 Å². The number of aliphatic imine (C=N–C) groups is 1. The Morgan fingerprint density at radius 2 is 2.19 bits per heavy atom. The number of aromatic nitrogens is 2. The lowest BCUT2D eigenvalue weighted by molar-refractivity contribution is 0.186. The van der Waals surface area contributed by atoms with Crippen LogP contribution < -0.4 is 11.3 Å². The second-order valence-corrected chi connectivity index (χ2v) is 7.76. The molecule has 0 bridgehead atoms. The number of amidine groups is 1. The fourth-order valence-electron chi connectivity index (χ4n) is 2.58. The Balaban J connectivity index is 1.82. The SMILES string of the molecule is COC[C@@H](C)N=C(N)SCc1nc2scc(-c3ccc(F)cc3)c2c(=O)[nH]1. The molecule has 0 amide bonds. The maximum Gasteiger partial charge on any atom is 0.260 e. The highest BCUT2D eigenvalue weighted by molar-refractivity contribution is 8.13. The van der Waals surface area contributed by atoms with Crippen LogP contribution in [0.5, 0.6) is 0 Å². The van der Waals surface area contributed by atoms with E-state index in [0.29, 0.717) is 33.6 Å². The molecule has 9 heteroatoms. The quantitative estimate of drug-likeness (QED) is 0.484. The van der Waals surface area contributed by atoms with E-state index in [4.69, 9.17) is 10.5 Å². The zero-order valence-corrected chi connectivity index (χ0v) is 16.5. The minimum Gasteiger partial charge on any atom is -0.382 e. The van der Waals surface area contributed by atoms with Gasteiger partial charge in [-0.2, -0.15) is 0 Å². The molecule has 0 aliphatic rings. The van der Waals surface area contributed by atoms with Crippen molar-refractivity contribution in [1.82, 2.24) is 9.97 Å². The number of nitrogens with one attached hydrogen (secondary N) is 1. The largest absolute Gasteiger partial charge is 0.382 e. The molecule has 2 aromatic heterocycles. The predicted molar refractivity (Wildman–Crippen MR) is 110 cm³/mol. The van der Waals surface area contributed by atoms with Gasteiger partial charge in [-0.1, -0.05) is 23.9 Å². The van der Waals surface area contributed by atoms with Gasteiger partial charge >= 0.3 is 0 Å². The normalized spacial score (nSPS) is 13.2. The number of rotatable bonds is 6. The van der Waals surface area contributed by atoms with Gasteiger partial charge in [0.2, 0.25) is 0 Å². The van der Waals surface area contributed by atoms with E-state index >= 15 is 0 Å². The van der Waals surface area contributed by atoms with Crippen molar-refractivity contribution in [2.45, 2.75) is 18.7 Å². The van der Waals surface area contributed by atoms with Crippen LogP contribution in [0.3, 0.4) is 0 Å². The minimum absolute atomic E-state index is 0.0347. The van der Waals surface area contributed by atoms with Gasteiger partial charge in [-0.3, -0.25) is 9.79 Å². The first-order valence-electron chi connectivity index (χ1n) is 8.19. The van der Waals surface area contributed by atoms with Crippen LogP contribution in [0.2, 0.25) is 0 Å². The monoisotopic (exact) mass is 406 g/mol. The van der Waals surface area contributed by atoms with Crippen molar-refractivity contribution in [1.29, 1.82) is 0 Å². The number of thiophene rings is 1. The number of H-pyrrole nitrogens is 1. The van der Waals surface area contributed by atoms with Gasteiger partial charge in [0, 0.05) is 18.1 Å². The number of hydrogen-bond donors (Lipinski definition) is 2. The van der Waals surface area contributed by atoms with Crippen LogP contribution >= 0.6 is 23.1 Å². The molecule has 0 fully saturated rings. The van der Waals surface area contributed by atoms with E-state index in [0.717, 1.165) is 11.1 Å². The molecule has 3 aromatic rings. The molecule has 27 heavy (non-hydrogen) atoms. The fourth-order valence-corrected chi connectivity index (χ4v) is 4.22. The average molecular weight is 407 g/mol. The van der Waals surface area contributed by atoms with Crippen molar-refractivity contribution in [3.63, 3.8) is 0 Å². The van der Waals surface area contributed by atoms with Crippen molar-refractivity contribution < 1.29 is 9.13 Å². The van der Waals surface area contributed by atoms with Crippen molar-refractivity contribution in [3.8, 4) is 11.1 Å². The molecule has 0 spiro atoms. The summed E-state index contributed by atoms with van der Waals surface area (Å²) in [5.41, 5.74) is 7.21. The second kappa shape index (κ2) is 8.64. The van der Waals surface area contributed by atoms with Gasteiger partial charge in [0.1, 0.15) is 16.5 Å². The fraction of sp³-hybridized carbons (Fsp3) is 0.278. The highest BCUT2D eigenvalue weighted by Crippen LogP contribution is 2.31. The van der Waals surface area contributed by atoms with Crippen molar-refractivity contribution in [3.05, 3.63) is 51.6 Å². The highest BCUT2D eigenvalue weighted by atomic mass is 32.2. The van der Waals surface area contributed by atoms with E-state index in [-0.39, 0.29) is 17.4 Å². The van der Waals surface area contributed by atoms with Crippen molar-refractivity contribution >= 4 is 38.5 Å². The lowest BCUT2D eigenvalue weighted by Gasteiger charge is -2.06. The molecule has 1 atom stereocenters. The molecule has 1 aromatic carbocycles. The van der Waals surface area contributed by atoms with Gasteiger partial charge in [0.15, 0.2) is 5.17 Å². The van der Waals surface area contributed by atoms with Crippen LogP contribution in [-0.2, 0) is 10.5 Å². The molecule has 0 aliphatic carbocycles. The Labute approximate surface area is 163 Å². The molecule has 0 unspecified atom stereocenters. The molecule has 3 rings (SSSR count). The molecule has 0 saturated carbocycles. The Morgan fingerprint density at radius 1 is 1.44 bits per heavy atom. The number of aromatic amines is 1. The van der Waals surface area contributed by atoms with Gasteiger partial charge < -0.3 is 15.5 Å². The van der Waals surface area contributed by atoms with E-state index in [1.54, 1.807) is 19.2 Å². The van der Waals surface area contributed by atoms with Crippen molar-refractivity contribution in [2.24, 2.45) is 10.7 Å². The topological polar surface area (TPSA) is 93.4 Å². The number of ether oxygens (including phenoxy) is 1. The Morgan fingerprint density at radius 3 is 2.89 bits per heavy atom. The van der Waals surface area contributed by atoms with E-state index < -0.39 is 0 Å². The van der Waals surface area contributed by atoms with E-state index in [1.165, 1.54) is 35.2 Å². The second-order valence-electron chi connectivity index (χ2n) is 5.91. The number of fused-ring (bicyclic) bond motifs is 1. The predicted octanol–water partition coefficient (Wildman–Crippen LogP) is 3.37. The molecule has 0 saturated heterocycles. The first-order chi connectivity index (χ1) is 13.0. The Kier molecular flexibility index (Phi) is 6.25. The summed E-state index contributed by atoms with van der Waals surface area (Å²) in [6, 6.07) is 6.01. The van der Waals surface area contributed by atoms with Crippen LogP contribution in [0, 0.1) is 5.82 Å². The van der Waals surface area contributed by atoms with Crippen LogP contribution in [-0.4, -0.2) is 34.9 Å². The zero-order chi connectivity index (χ0) is 19.4. The van der Waals surface area contributed by atoms with E-state index in [2.05, 4.69) is 15.0 Å². The molecule has 6 nitrogen and oxygen atoms in total. The lowest BCUT2D eigenvalue weighted by atomic mass is 10.1. The lowest BCUT2D eigenvalue weighted by Crippen LogP contribution is -2.16. The molecule has 3 N–H and O–H groups in total. The number of thioether (sulfide) groups is 1. The van der Waals surface area contributed by atoms with Crippen LogP contribution in [0.15, 0.2) is 39.4 Å². The summed E-state index contributed by atoms with van der Waals surface area (Å²) < 4.78 is 18.2.